The van der Waals surface area contributed by atoms with Crippen molar-refractivity contribution in [2.75, 3.05) is 0 Å². The monoisotopic (exact) mass is 245 g/mol. The van der Waals surface area contributed by atoms with E-state index in [0.717, 1.165) is 5.69 Å². The topological polar surface area (TPSA) is 85.8 Å². The molecule has 0 aliphatic rings. The van der Waals surface area contributed by atoms with E-state index in [1.165, 1.54) is 0 Å². The number of aryl methyl sites for hydroxylation is 1. The lowest BCUT2D eigenvalue weighted by Gasteiger charge is -2.06. The predicted molar refractivity (Wildman–Crippen MR) is 66.5 cm³/mol. The number of carbonyl (C=O) groups excluding carboxylic acids is 1. The average molecular weight is 245 g/mol. The number of nitrogens with one attached hydrogen (secondary N) is 1. The Hall–Kier alpha value is -2.21. The fraction of sp³-hybridized carbons (Fsp3) is 0.250. The molecule has 0 radical (unpaired) electrons. The van der Waals surface area contributed by atoms with Gasteiger partial charge in [0.2, 0.25) is 0 Å². The van der Waals surface area contributed by atoms with E-state index in [1.54, 1.807) is 29.2 Å². The number of hydrogen-bond acceptors (Lipinski definition) is 4. The number of aromatic nitrogens is 3. The number of pyridine rings is 1. The number of nitrogens with two attached hydrogens (primary N) is 1. The Labute approximate surface area is 105 Å². The third-order valence-corrected chi connectivity index (χ3v) is 2.64. The molecule has 6 heteroatoms. The van der Waals surface area contributed by atoms with Crippen LogP contribution in [0.1, 0.15) is 21.7 Å². The minimum atomic E-state index is -0.145. The van der Waals surface area contributed by atoms with Gasteiger partial charge in [0.15, 0.2) is 0 Å². The van der Waals surface area contributed by atoms with Gasteiger partial charge in [-0.15, -0.1) is 0 Å². The molecule has 2 rings (SSSR count). The van der Waals surface area contributed by atoms with Crippen LogP contribution < -0.4 is 11.1 Å². The lowest BCUT2D eigenvalue weighted by molar-refractivity contribution is 0.0950. The minimum Gasteiger partial charge on any atom is -0.346 e. The summed E-state index contributed by atoms with van der Waals surface area (Å²) in [6.07, 6.45) is 3.28. The van der Waals surface area contributed by atoms with E-state index in [0.29, 0.717) is 24.3 Å². The van der Waals surface area contributed by atoms with Crippen molar-refractivity contribution in [3.8, 4) is 0 Å². The third-order valence-electron chi connectivity index (χ3n) is 2.64. The molecule has 94 valence electrons. The van der Waals surface area contributed by atoms with E-state index in [9.17, 15) is 4.79 Å². The Bertz CT molecular complexity index is 549. The zero-order valence-electron chi connectivity index (χ0n) is 10.1. The smallest absolute Gasteiger partial charge is 0.251 e. The highest BCUT2D eigenvalue weighted by molar-refractivity contribution is 5.94. The second-order valence-electron chi connectivity index (χ2n) is 3.87. The van der Waals surface area contributed by atoms with Crippen molar-refractivity contribution in [2.45, 2.75) is 13.1 Å². The van der Waals surface area contributed by atoms with Crippen molar-refractivity contribution in [1.82, 2.24) is 20.1 Å². The van der Waals surface area contributed by atoms with Gasteiger partial charge in [-0.25, -0.2) is 0 Å². The maximum atomic E-state index is 11.9. The molecule has 0 aromatic carbocycles. The third kappa shape index (κ3) is 2.72. The lowest BCUT2D eigenvalue weighted by Crippen LogP contribution is -2.24. The normalized spacial score (nSPS) is 10.3. The molecule has 0 bridgehead atoms. The highest BCUT2D eigenvalue weighted by Gasteiger charge is 2.07. The van der Waals surface area contributed by atoms with Gasteiger partial charge in [-0.2, -0.15) is 5.10 Å². The first-order chi connectivity index (χ1) is 8.70. The zero-order chi connectivity index (χ0) is 13.0. The van der Waals surface area contributed by atoms with Crippen molar-refractivity contribution in [2.24, 2.45) is 12.8 Å². The number of amides is 1. The van der Waals surface area contributed by atoms with Crippen molar-refractivity contribution >= 4 is 5.91 Å². The maximum Gasteiger partial charge on any atom is 0.251 e. The summed E-state index contributed by atoms with van der Waals surface area (Å²) in [4.78, 5) is 16.0. The van der Waals surface area contributed by atoms with Crippen LogP contribution in [0.2, 0.25) is 0 Å². The molecule has 0 fully saturated rings. The van der Waals surface area contributed by atoms with Gasteiger partial charge in [0.1, 0.15) is 0 Å². The minimum absolute atomic E-state index is 0.145. The number of rotatable bonds is 4. The molecule has 2 aromatic heterocycles. The molecule has 0 atom stereocenters. The summed E-state index contributed by atoms with van der Waals surface area (Å²) in [6.45, 7) is 0.762. The molecule has 0 unspecified atom stereocenters. The molecule has 2 aromatic rings. The van der Waals surface area contributed by atoms with E-state index in [2.05, 4.69) is 15.4 Å². The molecule has 2 heterocycles. The van der Waals surface area contributed by atoms with E-state index >= 15 is 0 Å². The van der Waals surface area contributed by atoms with Crippen molar-refractivity contribution in [3.05, 3.63) is 47.5 Å². The number of nitrogens with zero attached hydrogens (tertiary/aromatic N) is 3. The van der Waals surface area contributed by atoms with Crippen LogP contribution in [-0.2, 0) is 20.1 Å². The summed E-state index contributed by atoms with van der Waals surface area (Å²) < 4.78 is 1.72. The first kappa shape index (κ1) is 12.3. The summed E-state index contributed by atoms with van der Waals surface area (Å²) >= 11 is 0. The molecule has 1 amide bonds. The van der Waals surface area contributed by atoms with Crippen molar-refractivity contribution in [3.63, 3.8) is 0 Å². The van der Waals surface area contributed by atoms with Gasteiger partial charge in [-0.05, 0) is 18.2 Å². The van der Waals surface area contributed by atoms with Crippen LogP contribution in [0.4, 0.5) is 0 Å². The van der Waals surface area contributed by atoms with Crippen LogP contribution in [0, 0.1) is 0 Å². The zero-order valence-corrected chi connectivity index (χ0v) is 10.1. The fourth-order valence-corrected chi connectivity index (χ4v) is 1.58. The second-order valence-corrected chi connectivity index (χ2v) is 3.87. The highest BCUT2D eigenvalue weighted by atomic mass is 16.1. The van der Waals surface area contributed by atoms with Crippen molar-refractivity contribution in [1.29, 1.82) is 0 Å². The van der Waals surface area contributed by atoms with Gasteiger partial charge in [0.05, 0.1) is 17.9 Å². The summed E-state index contributed by atoms with van der Waals surface area (Å²) in [7, 11) is 1.83. The molecule has 0 saturated carbocycles. The highest BCUT2D eigenvalue weighted by Crippen LogP contribution is 2.02. The Balaban J connectivity index is 2.01. The number of carbonyl (C=O) groups is 1. The van der Waals surface area contributed by atoms with Crippen LogP contribution in [0.15, 0.2) is 30.6 Å². The molecular formula is C12H15N5O. The van der Waals surface area contributed by atoms with Gasteiger partial charge in [0.25, 0.3) is 5.91 Å². The quantitative estimate of drug-likeness (QED) is 0.806. The summed E-state index contributed by atoms with van der Waals surface area (Å²) in [6, 6.07) is 5.22. The van der Waals surface area contributed by atoms with Crippen LogP contribution >= 0.6 is 0 Å². The van der Waals surface area contributed by atoms with Crippen LogP contribution in [0.5, 0.6) is 0 Å². The SMILES string of the molecule is Cn1nccc1CNC(=O)c1ccnc(CN)c1. The van der Waals surface area contributed by atoms with Crippen LogP contribution in [0.25, 0.3) is 0 Å². The van der Waals surface area contributed by atoms with Crippen molar-refractivity contribution < 1.29 is 4.79 Å². The summed E-state index contributed by atoms with van der Waals surface area (Å²) in [5.41, 5.74) is 7.69. The molecule has 18 heavy (non-hydrogen) atoms. The molecule has 0 saturated heterocycles. The summed E-state index contributed by atoms with van der Waals surface area (Å²) in [5, 5.41) is 6.86. The molecule has 0 spiro atoms. The second kappa shape index (κ2) is 5.42. The van der Waals surface area contributed by atoms with Gasteiger partial charge in [-0.3, -0.25) is 14.5 Å². The first-order valence-corrected chi connectivity index (χ1v) is 5.61. The van der Waals surface area contributed by atoms with Crippen LogP contribution in [-0.4, -0.2) is 20.7 Å². The molecule has 6 nitrogen and oxygen atoms in total. The van der Waals surface area contributed by atoms with E-state index < -0.39 is 0 Å². The maximum absolute atomic E-state index is 11.9. The Morgan fingerprint density at radius 1 is 1.44 bits per heavy atom. The Morgan fingerprint density at radius 2 is 2.28 bits per heavy atom. The van der Waals surface area contributed by atoms with Gasteiger partial charge >= 0.3 is 0 Å². The lowest BCUT2D eigenvalue weighted by atomic mass is 10.2. The molecule has 3 N–H and O–H groups in total. The fourth-order valence-electron chi connectivity index (χ4n) is 1.58. The first-order valence-electron chi connectivity index (χ1n) is 5.61. The van der Waals surface area contributed by atoms with E-state index in [4.69, 9.17) is 5.73 Å². The van der Waals surface area contributed by atoms with Gasteiger partial charge < -0.3 is 11.1 Å². The molecular weight excluding hydrogens is 230 g/mol. The van der Waals surface area contributed by atoms with E-state index in [1.807, 2.05) is 13.1 Å². The van der Waals surface area contributed by atoms with Crippen LogP contribution in [0.3, 0.4) is 0 Å². The van der Waals surface area contributed by atoms with Gasteiger partial charge in [0, 0.05) is 31.5 Å². The van der Waals surface area contributed by atoms with Gasteiger partial charge in [-0.1, -0.05) is 0 Å². The predicted octanol–water partition coefficient (Wildman–Crippen LogP) is 0.204. The standard InChI is InChI=1S/C12H15N5O/c1-17-11(3-5-16-17)8-15-12(18)9-2-4-14-10(6-9)7-13/h2-6H,7-8,13H2,1H3,(H,15,18). The number of hydrogen-bond donors (Lipinski definition) is 2. The molecule has 0 aliphatic heterocycles. The Kier molecular flexibility index (Phi) is 3.69. The average Bonchev–Trinajstić information content (AvgIpc) is 2.81. The van der Waals surface area contributed by atoms with E-state index in [-0.39, 0.29) is 5.91 Å². The molecule has 0 aliphatic carbocycles. The largest absolute Gasteiger partial charge is 0.346 e. The summed E-state index contributed by atoms with van der Waals surface area (Å²) in [5.74, 6) is -0.145. The Morgan fingerprint density at radius 3 is 2.94 bits per heavy atom.